The van der Waals surface area contributed by atoms with Gasteiger partial charge in [-0.1, -0.05) is 6.07 Å². The molecule has 1 amide bonds. The monoisotopic (exact) mass is 460 g/mol. The third kappa shape index (κ3) is 4.52. The van der Waals surface area contributed by atoms with Gasteiger partial charge in [-0.25, -0.2) is 9.07 Å². The number of ether oxygens (including phenoxy) is 1. The largest absolute Gasteiger partial charge is 0.481 e. The zero-order valence-corrected chi connectivity index (χ0v) is 19.5. The summed E-state index contributed by atoms with van der Waals surface area (Å²) in [6, 6.07) is 12.9. The summed E-state index contributed by atoms with van der Waals surface area (Å²) >= 11 is 0. The van der Waals surface area contributed by atoms with Crippen molar-refractivity contribution in [1.82, 2.24) is 14.8 Å². The molecular formula is C26H25FN4O3. The number of Topliss-reactive ketones (excluding diaryl/α,β-unsaturated/α-hetero) is 1. The van der Waals surface area contributed by atoms with E-state index in [9.17, 15) is 14.0 Å². The Labute approximate surface area is 196 Å². The fraction of sp³-hybridized carbons (Fsp3) is 0.231. The fourth-order valence-corrected chi connectivity index (χ4v) is 4.03. The maximum absolute atomic E-state index is 13.8. The summed E-state index contributed by atoms with van der Waals surface area (Å²) in [6.07, 6.45) is 0.635. The molecule has 0 radical (unpaired) electrons. The lowest BCUT2D eigenvalue weighted by Gasteiger charge is -2.13. The average Bonchev–Trinajstić information content (AvgIpc) is 3.15. The molecule has 2 heterocycles. The van der Waals surface area contributed by atoms with Gasteiger partial charge in [-0.05, 0) is 75.2 Å². The number of benzene rings is 2. The lowest BCUT2D eigenvalue weighted by Crippen LogP contribution is -2.13. The van der Waals surface area contributed by atoms with Crippen LogP contribution in [0.4, 0.5) is 10.1 Å². The minimum absolute atomic E-state index is 0.0284. The fourth-order valence-electron chi connectivity index (χ4n) is 4.03. The van der Waals surface area contributed by atoms with Gasteiger partial charge in [-0.3, -0.25) is 9.59 Å². The highest BCUT2D eigenvalue weighted by Crippen LogP contribution is 2.32. The van der Waals surface area contributed by atoms with Crippen molar-refractivity contribution < 1.29 is 18.7 Å². The van der Waals surface area contributed by atoms with Crippen LogP contribution in [-0.2, 0) is 11.2 Å². The molecule has 34 heavy (non-hydrogen) atoms. The molecule has 0 spiro atoms. The van der Waals surface area contributed by atoms with E-state index in [-0.39, 0.29) is 23.9 Å². The topological polar surface area (TPSA) is 86.1 Å². The first-order valence-electron chi connectivity index (χ1n) is 10.9. The minimum Gasteiger partial charge on any atom is -0.481 e. The van der Waals surface area contributed by atoms with Crippen LogP contribution in [0.5, 0.6) is 5.88 Å². The normalized spacial score (nSPS) is 11.0. The van der Waals surface area contributed by atoms with E-state index in [4.69, 9.17) is 4.74 Å². The Kier molecular flexibility index (Phi) is 6.40. The Bertz CT molecular complexity index is 1390. The summed E-state index contributed by atoms with van der Waals surface area (Å²) < 4.78 is 21.0. The first-order valence-corrected chi connectivity index (χ1v) is 10.9. The molecule has 4 aromatic rings. The van der Waals surface area contributed by atoms with Gasteiger partial charge in [0.05, 0.1) is 18.5 Å². The second kappa shape index (κ2) is 9.43. The number of pyridine rings is 1. The number of carbonyl (C=O) groups is 2. The predicted octanol–water partition coefficient (Wildman–Crippen LogP) is 4.96. The van der Waals surface area contributed by atoms with E-state index in [0.29, 0.717) is 34.9 Å². The summed E-state index contributed by atoms with van der Waals surface area (Å²) in [5.74, 6) is -0.147. The van der Waals surface area contributed by atoms with Gasteiger partial charge in [0, 0.05) is 28.6 Å². The molecule has 0 saturated carbocycles. The molecular weight excluding hydrogens is 435 g/mol. The van der Waals surface area contributed by atoms with Crippen LogP contribution in [0.3, 0.4) is 0 Å². The highest BCUT2D eigenvalue weighted by molar-refractivity contribution is 5.95. The third-order valence-electron chi connectivity index (χ3n) is 5.75. The van der Waals surface area contributed by atoms with Gasteiger partial charge in [0.15, 0.2) is 11.4 Å². The van der Waals surface area contributed by atoms with Gasteiger partial charge in [0.2, 0.25) is 11.8 Å². The number of nitrogens with one attached hydrogen (secondary N) is 1. The average molecular weight is 461 g/mol. The summed E-state index contributed by atoms with van der Waals surface area (Å²) in [5.41, 5.74) is 4.83. The number of carbonyl (C=O) groups excluding carboxylic acids is 2. The van der Waals surface area contributed by atoms with E-state index >= 15 is 0 Å². The number of methoxy groups -OCH3 is 1. The first-order chi connectivity index (χ1) is 16.3. The third-order valence-corrected chi connectivity index (χ3v) is 5.75. The number of rotatable bonds is 7. The molecule has 2 aromatic carbocycles. The Morgan fingerprint density at radius 3 is 2.50 bits per heavy atom. The smallest absolute Gasteiger partial charge is 0.224 e. The molecule has 1 N–H and O–H groups in total. The zero-order valence-electron chi connectivity index (χ0n) is 19.5. The SMILES string of the molecule is COc1nc2c(c(C)nn2-c2cccc(F)c2)c(C)c1CCC(=O)Nc1ccc(C(C)=O)cc1. The molecule has 0 bridgehead atoms. The molecule has 4 rings (SSSR count). The van der Waals surface area contributed by atoms with Crippen LogP contribution in [0.25, 0.3) is 16.7 Å². The van der Waals surface area contributed by atoms with E-state index in [2.05, 4.69) is 15.4 Å². The highest BCUT2D eigenvalue weighted by atomic mass is 19.1. The molecule has 7 nitrogen and oxygen atoms in total. The van der Waals surface area contributed by atoms with Crippen molar-refractivity contribution in [2.24, 2.45) is 0 Å². The lowest BCUT2D eigenvalue weighted by atomic mass is 10.0. The van der Waals surface area contributed by atoms with E-state index in [1.807, 2.05) is 13.8 Å². The standard InChI is InChI=1S/C26H25FN4O3/c1-15-22(12-13-23(33)28-20-10-8-18(9-11-20)17(3)32)26(34-4)29-25-24(15)16(2)30-31(25)21-7-5-6-19(27)14-21/h5-11,14H,12-13H2,1-4H3,(H,28,33). The molecule has 0 aliphatic carbocycles. The van der Waals surface area contributed by atoms with Crippen LogP contribution in [0.1, 0.15) is 40.5 Å². The number of fused-ring (bicyclic) bond motifs is 1. The van der Waals surface area contributed by atoms with Crippen molar-refractivity contribution in [3.8, 4) is 11.6 Å². The summed E-state index contributed by atoms with van der Waals surface area (Å²) in [6.45, 7) is 5.32. The van der Waals surface area contributed by atoms with Crippen molar-refractivity contribution in [3.63, 3.8) is 0 Å². The van der Waals surface area contributed by atoms with Crippen molar-refractivity contribution in [1.29, 1.82) is 0 Å². The van der Waals surface area contributed by atoms with Crippen LogP contribution in [-0.4, -0.2) is 33.6 Å². The van der Waals surface area contributed by atoms with Crippen LogP contribution in [0, 0.1) is 19.7 Å². The van der Waals surface area contributed by atoms with Gasteiger partial charge in [0.25, 0.3) is 0 Å². The number of aryl methyl sites for hydroxylation is 2. The minimum atomic E-state index is -0.360. The Balaban J connectivity index is 1.60. The van der Waals surface area contributed by atoms with Crippen molar-refractivity contribution in [3.05, 3.63) is 76.7 Å². The molecule has 0 aliphatic heterocycles. The highest BCUT2D eigenvalue weighted by Gasteiger charge is 2.20. The molecule has 0 atom stereocenters. The maximum Gasteiger partial charge on any atom is 0.224 e. The maximum atomic E-state index is 13.8. The number of hydrogen-bond acceptors (Lipinski definition) is 5. The van der Waals surface area contributed by atoms with Crippen molar-refractivity contribution in [2.45, 2.75) is 33.6 Å². The van der Waals surface area contributed by atoms with E-state index in [0.717, 1.165) is 22.2 Å². The van der Waals surface area contributed by atoms with Gasteiger partial charge in [0.1, 0.15) is 5.82 Å². The molecule has 0 aliphatic rings. The predicted molar refractivity (Wildman–Crippen MR) is 128 cm³/mol. The van der Waals surface area contributed by atoms with Crippen LogP contribution in [0.2, 0.25) is 0 Å². The van der Waals surface area contributed by atoms with Crippen LogP contribution < -0.4 is 10.1 Å². The second-order valence-corrected chi connectivity index (χ2v) is 8.08. The Morgan fingerprint density at radius 1 is 1.12 bits per heavy atom. The molecule has 0 saturated heterocycles. The molecule has 0 unspecified atom stereocenters. The number of ketones is 1. The number of anilines is 1. The summed E-state index contributed by atoms with van der Waals surface area (Å²) in [7, 11) is 1.53. The Hall–Kier alpha value is -4.07. The van der Waals surface area contributed by atoms with Gasteiger partial charge >= 0.3 is 0 Å². The number of halogens is 1. The van der Waals surface area contributed by atoms with Crippen molar-refractivity contribution >= 4 is 28.4 Å². The van der Waals surface area contributed by atoms with Gasteiger partial charge in [-0.15, -0.1) is 0 Å². The number of hydrogen-bond donors (Lipinski definition) is 1. The second-order valence-electron chi connectivity index (χ2n) is 8.08. The lowest BCUT2D eigenvalue weighted by molar-refractivity contribution is -0.116. The molecule has 8 heteroatoms. The van der Waals surface area contributed by atoms with E-state index in [1.165, 1.54) is 26.2 Å². The number of amides is 1. The molecule has 2 aromatic heterocycles. The number of nitrogens with zero attached hydrogens (tertiary/aromatic N) is 3. The van der Waals surface area contributed by atoms with E-state index in [1.54, 1.807) is 41.1 Å². The zero-order chi connectivity index (χ0) is 24.4. The van der Waals surface area contributed by atoms with Crippen LogP contribution in [0.15, 0.2) is 48.5 Å². The quantitative estimate of drug-likeness (QED) is 0.394. The molecule has 0 fully saturated rings. The summed E-state index contributed by atoms with van der Waals surface area (Å²) in [4.78, 5) is 28.7. The molecule has 174 valence electrons. The summed E-state index contributed by atoms with van der Waals surface area (Å²) in [5, 5.41) is 8.28. The van der Waals surface area contributed by atoms with Gasteiger partial charge in [-0.2, -0.15) is 10.1 Å². The van der Waals surface area contributed by atoms with Crippen molar-refractivity contribution in [2.75, 3.05) is 12.4 Å². The van der Waals surface area contributed by atoms with Gasteiger partial charge < -0.3 is 10.1 Å². The Morgan fingerprint density at radius 2 is 1.85 bits per heavy atom. The van der Waals surface area contributed by atoms with Crippen LogP contribution >= 0.6 is 0 Å². The number of aromatic nitrogens is 3. The van der Waals surface area contributed by atoms with E-state index < -0.39 is 0 Å². The first kappa shape index (κ1) is 23.1.